The summed E-state index contributed by atoms with van der Waals surface area (Å²) in [6, 6.07) is 10.2. The molecular formula is C18H21N3O3. The second-order valence-corrected chi connectivity index (χ2v) is 5.44. The van der Waals surface area contributed by atoms with Crippen LogP contribution in [0.5, 0.6) is 0 Å². The molecule has 1 aromatic heterocycles. The first-order valence-corrected chi connectivity index (χ1v) is 7.82. The molecule has 0 spiro atoms. The Morgan fingerprint density at radius 2 is 1.92 bits per heavy atom. The van der Waals surface area contributed by atoms with Crippen LogP contribution in [-0.2, 0) is 22.6 Å². The molecule has 1 heterocycles. The average molecular weight is 327 g/mol. The molecule has 0 radical (unpaired) electrons. The number of carboxylic acid groups (broad SMARTS) is 1. The number of rotatable bonds is 8. The Hall–Kier alpha value is -2.73. The molecule has 0 bridgehead atoms. The van der Waals surface area contributed by atoms with Gasteiger partial charge in [0, 0.05) is 24.6 Å². The van der Waals surface area contributed by atoms with Gasteiger partial charge in [0.05, 0.1) is 6.42 Å². The van der Waals surface area contributed by atoms with Crippen molar-refractivity contribution in [1.29, 1.82) is 0 Å². The van der Waals surface area contributed by atoms with E-state index in [0.29, 0.717) is 12.2 Å². The maximum absolute atomic E-state index is 12.1. The fourth-order valence-corrected chi connectivity index (χ4v) is 2.21. The zero-order chi connectivity index (χ0) is 17.4. The van der Waals surface area contributed by atoms with Crippen molar-refractivity contribution in [2.45, 2.75) is 32.4 Å². The predicted molar refractivity (Wildman–Crippen MR) is 91.6 cm³/mol. The van der Waals surface area contributed by atoms with Crippen LogP contribution in [0.25, 0.3) is 0 Å². The van der Waals surface area contributed by atoms with Gasteiger partial charge in [-0.1, -0.05) is 25.1 Å². The zero-order valence-corrected chi connectivity index (χ0v) is 13.5. The molecule has 2 aromatic rings. The number of carbonyl (C=O) groups excluding carboxylic acids is 1. The number of nitrogens with zero attached hydrogens (tertiary/aromatic N) is 1. The Balaban J connectivity index is 1.89. The SMILES string of the molecule is CCc1ccc(NC(=O)C[C@@H](NCc2cccnc2)C(=O)O)cc1. The Bertz CT molecular complexity index is 672. The third-order valence-corrected chi connectivity index (χ3v) is 3.61. The van der Waals surface area contributed by atoms with E-state index in [1.165, 1.54) is 5.56 Å². The van der Waals surface area contributed by atoms with Crippen LogP contribution >= 0.6 is 0 Å². The number of aliphatic carboxylic acids is 1. The Kier molecular flexibility index (Phi) is 6.45. The van der Waals surface area contributed by atoms with Gasteiger partial charge in [0.25, 0.3) is 0 Å². The monoisotopic (exact) mass is 327 g/mol. The summed E-state index contributed by atoms with van der Waals surface area (Å²) < 4.78 is 0. The number of hydrogen-bond donors (Lipinski definition) is 3. The van der Waals surface area contributed by atoms with E-state index in [1.54, 1.807) is 18.5 Å². The van der Waals surface area contributed by atoms with Crippen molar-refractivity contribution in [3.63, 3.8) is 0 Å². The Labute approximate surface area is 140 Å². The van der Waals surface area contributed by atoms with E-state index < -0.39 is 12.0 Å². The van der Waals surface area contributed by atoms with Crippen LogP contribution in [0.2, 0.25) is 0 Å². The fourth-order valence-electron chi connectivity index (χ4n) is 2.21. The van der Waals surface area contributed by atoms with E-state index in [9.17, 15) is 14.7 Å². The van der Waals surface area contributed by atoms with E-state index in [0.717, 1.165) is 12.0 Å². The van der Waals surface area contributed by atoms with Crippen LogP contribution in [0.3, 0.4) is 0 Å². The molecule has 1 aromatic carbocycles. The van der Waals surface area contributed by atoms with Gasteiger partial charge < -0.3 is 10.4 Å². The average Bonchev–Trinajstić information content (AvgIpc) is 2.60. The lowest BCUT2D eigenvalue weighted by molar-refractivity contribution is -0.141. The van der Waals surface area contributed by atoms with Crippen molar-refractivity contribution in [1.82, 2.24) is 10.3 Å². The van der Waals surface area contributed by atoms with Gasteiger partial charge in [-0.15, -0.1) is 0 Å². The highest BCUT2D eigenvalue weighted by atomic mass is 16.4. The maximum atomic E-state index is 12.1. The number of aromatic nitrogens is 1. The molecule has 24 heavy (non-hydrogen) atoms. The summed E-state index contributed by atoms with van der Waals surface area (Å²) >= 11 is 0. The molecule has 0 aliphatic carbocycles. The van der Waals surface area contributed by atoms with Crippen LogP contribution in [0.4, 0.5) is 5.69 Å². The van der Waals surface area contributed by atoms with Crippen molar-refractivity contribution in [2.24, 2.45) is 0 Å². The van der Waals surface area contributed by atoms with Gasteiger partial charge in [-0.25, -0.2) is 0 Å². The summed E-state index contributed by atoms with van der Waals surface area (Å²) in [6.45, 7) is 2.39. The molecule has 2 rings (SSSR count). The number of nitrogens with one attached hydrogen (secondary N) is 2. The van der Waals surface area contributed by atoms with Crippen molar-refractivity contribution >= 4 is 17.6 Å². The Morgan fingerprint density at radius 3 is 2.50 bits per heavy atom. The molecule has 0 aliphatic rings. The first-order valence-electron chi connectivity index (χ1n) is 7.82. The number of benzene rings is 1. The quantitative estimate of drug-likeness (QED) is 0.691. The topological polar surface area (TPSA) is 91.3 Å². The van der Waals surface area contributed by atoms with Crippen LogP contribution < -0.4 is 10.6 Å². The number of amides is 1. The van der Waals surface area contributed by atoms with Gasteiger partial charge in [0.1, 0.15) is 6.04 Å². The van der Waals surface area contributed by atoms with E-state index in [-0.39, 0.29) is 12.3 Å². The lowest BCUT2D eigenvalue weighted by Crippen LogP contribution is -2.39. The number of pyridine rings is 1. The lowest BCUT2D eigenvalue weighted by atomic mass is 10.1. The minimum absolute atomic E-state index is 0.148. The number of carbonyl (C=O) groups is 2. The third kappa shape index (κ3) is 5.48. The number of aryl methyl sites for hydroxylation is 1. The molecule has 0 saturated heterocycles. The summed E-state index contributed by atoms with van der Waals surface area (Å²) in [5, 5.41) is 14.9. The first-order chi connectivity index (χ1) is 11.6. The van der Waals surface area contributed by atoms with Crippen molar-refractivity contribution < 1.29 is 14.7 Å². The summed E-state index contributed by atoms with van der Waals surface area (Å²) in [6.07, 6.45) is 4.08. The van der Waals surface area contributed by atoms with Crippen LogP contribution in [0.1, 0.15) is 24.5 Å². The minimum atomic E-state index is -1.06. The number of carboxylic acids is 1. The summed E-state index contributed by atoms with van der Waals surface area (Å²) in [5.41, 5.74) is 2.70. The number of hydrogen-bond acceptors (Lipinski definition) is 4. The van der Waals surface area contributed by atoms with Gasteiger partial charge in [0.15, 0.2) is 0 Å². The van der Waals surface area contributed by atoms with Gasteiger partial charge in [-0.2, -0.15) is 0 Å². The van der Waals surface area contributed by atoms with E-state index >= 15 is 0 Å². The summed E-state index contributed by atoms with van der Waals surface area (Å²) in [5.74, 6) is -1.40. The normalized spacial score (nSPS) is 11.7. The zero-order valence-electron chi connectivity index (χ0n) is 13.5. The fraction of sp³-hybridized carbons (Fsp3) is 0.278. The Morgan fingerprint density at radius 1 is 1.17 bits per heavy atom. The molecular weight excluding hydrogens is 306 g/mol. The second-order valence-electron chi connectivity index (χ2n) is 5.44. The minimum Gasteiger partial charge on any atom is -0.480 e. The molecule has 126 valence electrons. The molecule has 1 atom stereocenters. The van der Waals surface area contributed by atoms with E-state index in [2.05, 4.69) is 22.5 Å². The van der Waals surface area contributed by atoms with Crippen LogP contribution in [-0.4, -0.2) is 28.0 Å². The highest BCUT2D eigenvalue weighted by Gasteiger charge is 2.20. The summed E-state index contributed by atoms with van der Waals surface area (Å²) in [7, 11) is 0. The molecule has 6 heteroatoms. The maximum Gasteiger partial charge on any atom is 0.321 e. The molecule has 0 unspecified atom stereocenters. The standard InChI is InChI=1S/C18H21N3O3/c1-2-13-5-7-15(8-6-13)21-17(22)10-16(18(23)24)20-12-14-4-3-9-19-11-14/h3-9,11,16,20H,2,10,12H2,1H3,(H,21,22)(H,23,24)/t16-/m1/s1. The molecule has 0 saturated carbocycles. The van der Waals surface area contributed by atoms with Gasteiger partial charge in [-0.05, 0) is 35.7 Å². The molecule has 1 amide bonds. The van der Waals surface area contributed by atoms with E-state index in [4.69, 9.17) is 0 Å². The lowest BCUT2D eigenvalue weighted by Gasteiger charge is -2.14. The van der Waals surface area contributed by atoms with Crippen LogP contribution in [0, 0.1) is 0 Å². The van der Waals surface area contributed by atoms with Crippen molar-refractivity contribution in [2.75, 3.05) is 5.32 Å². The first kappa shape index (κ1) is 17.6. The van der Waals surface area contributed by atoms with Gasteiger partial charge in [-0.3, -0.25) is 19.9 Å². The van der Waals surface area contributed by atoms with Crippen molar-refractivity contribution in [3.05, 3.63) is 59.9 Å². The molecule has 3 N–H and O–H groups in total. The third-order valence-electron chi connectivity index (χ3n) is 3.61. The number of anilines is 1. The molecule has 0 aliphatic heterocycles. The van der Waals surface area contributed by atoms with Crippen molar-refractivity contribution in [3.8, 4) is 0 Å². The van der Waals surface area contributed by atoms with Gasteiger partial charge in [0.2, 0.25) is 5.91 Å². The highest BCUT2D eigenvalue weighted by molar-refractivity contribution is 5.94. The van der Waals surface area contributed by atoms with Gasteiger partial charge >= 0.3 is 5.97 Å². The predicted octanol–water partition coefficient (Wildman–Crippen LogP) is 2.22. The summed E-state index contributed by atoms with van der Waals surface area (Å²) in [4.78, 5) is 27.4. The smallest absolute Gasteiger partial charge is 0.321 e. The molecule has 6 nitrogen and oxygen atoms in total. The van der Waals surface area contributed by atoms with Crippen LogP contribution in [0.15, 0.2) is 48.8 Å². The second kappa shape index (κ2) is 8.79. The molecule has 0 fully saturated rings. The largest absolute Gasteiger partial charge is 0.480 e. The highest BCUT2D eigenvalue weighted by Crippen LogP contribution is 2.11. The van der Waals surface area contributed by atoms with E-state index in [1.807, 2.05) is 30.3 Å².